The first-order chi connectivity index (χ1) is 11.5. The van der Waals surface area contributed by atoms with Crippen molar-refractivity contribution in [2.45, 2.75) is 27.7 Å². The fourth-order valence-corrected chi connectivity index (χ4v) is 2.66. The van der Waals surface area contributed by atoms with Gasteiger partial charge in [0.15, 0.2) is 0 Å². The van der Waals surface area contributed by atoms with E-state index in [4.69, 9.17) is 8.83 Å². The minimum absolute atomic E-state index is 0.424. The van der Waals surface area contributed by atoms with Crippen LogP contribution in [0.3, 0.4) is 0 Å². The molecule has 0 saturated heterocycles. The molecule has 0 radical (unpaired) electrons. The van der Waals surface area contributed by atoms with Gasteiger partial charge in [0.25, 0.3) is 0 Å². The first-order valence-corrected chi connectivity index (χ1v) is 7.77. The predicted molar refractivity (Wildman–Crippen MR) is 94.6 cm³/mol. The second kappa shape index (κ2) is 6.32. The van der Waals surface area contributed by atoms with Gasteiger partial charge >= 0.3 is 5.63 Å². The van der Waals surface area contributed by atoms with Crippen molar-refractivity contribution in [3.63, 3.8) is 0 Å². The molecular formula is C20H19NO3. The second-order valence-corrected chi connectivity index (χ2v) is 5.86. The molecule has 0 fully saturated rings. The van der Waals surface area contributed by atoms with Crippen molar-refractivity contribution in [2.24, 2.45) is 0 Å². The number of furan rings is 1. The molecule has 0 unspecified atom stereocenters. The van der Waals surface area contributed by atoms with E-state index in [9.17, 15) is 4.79 Å². The van der Waals surface area contributed by atoms with E-state index < -0.39 is 5.63 Å². The lowest BCUT2D eigenvalue weighted by Crippen LogP contribution is -1.98. The minimum atomic E-state index is -0.424. The highest BCUT2D eigenvalue weighted by Crippen LogP contribution is 2.26. The first kappa shape index (κ1) is 16.0. The van der Waals surface area contributed by atoms with E-state index in [1.54, 1.807) is 19.4 Å². The molecule has 0 bridgehead atoms. The van der Waals surface area contributed by atoms with Crippen molar-refractivity contribution in [3.05, 3.63) is 75.7 Å². The van der Waals surface area contributed by atoms with Crippen LogP contribution >= 0.6 is 0 Å². The Kier molecular flexibility index (Phi) is 4.21. The monoisotopic (exact) mass is 321 g/mol. The van der Waals surface area contributed by atoms with Crippen molar-refractivity contribution in [2.75, 3.05) is 0 Å². The summed E-state index contributed by atoms with van der Waals surface area (Å²) in [7, 11) is 0. The molecule has 0 spiro atoms. The van der Waals surface area contributed by atoms with Gasteiger partial charge in [0.1, 0.15) is 11.3 Å². The van der Waals surface area contributed by atoms with E-state index >= 15 is 0 Å². The number of aromatic nitrogens is 1. The Morgan fingerprint density at radius 2 is 1.79 bits per heavy atom. The van der Waals surface area contributed by atoms with E-state index in [1.807, 2.05) is 45.0 Å². The van der Waals surface area contributed by atoms with Crippen LogP contribution in [0, 0.1) is 27.7 Å². The molecule has 3 heterocycles. The summed E-state index contributed by atoms with van der Waals surface area (Å²) in [6.45, 7) is 7.61. The first-order valence-electron chi connectivity index (χ1n) is 7.77. The van der Waals surface area contributed by atoms with E-state index in [-0.39, 0.29) is 0 Å². The highest BCUT2D eigenvalue weighted by Gasteiger charge is 2.08. The van der Waals surface area contributed by atoms with Crippen molar-refractivity contribution in [1.29, 1.82) is 0 Å². The number of hydrogen-bond acceptors (Lipinski definition) is 4. The smallest absolute Gasteiger partial charge is 0.336 e. The highest BCUT2D eigenvalue weighted by molar-refractivity contribution is 5.84. The van der Waals surface area contributed by atoms with Crippen LogP contribution in [-0.4, -0.2) is 4.98 Å². The molecule has 3 rings (SSSR count). The van der Waals surface area contributed by atoms with E-state index in [2.05, 4.69) is 4.98 Å². The summed E-state index contributed by atoms with van der Waals surface area (Å²) in [5.41, 5.74) is 4.52. The Hall–Kier alpha value is -2.88. The molecule has 0 aliphatic heterocycles. The van der Waals surface area contributed by atoms with E-state index in [0.29, 0.717) is 5.76 Å². The molecule has 0 amide bonds. The van der Waals surface area contributed by atoms with Crippen LogP contribution in [-0.2, 0) is 0 Å². The van der Waals surface area contributed by atoms with Crippen LogP contribution in [0.1, 0.15) is 22.5 Å². The summed E-state index contributed by atoms with van der Waals surface area (Å²) in [5, 5.41) is 0.990. The Labute approximate surface area is 140 Å². The molecule has 3 aromatic rings. The van der Waals surface area contributed by atoms with Gasteiger partial charge in [0.05, 0.1) is 12.0 Å². The van der Waals surface area contributed by atoms with Gasteiger partial charge in [-0.2, -0.15) is 0 Å². The van der Waals surface area contributed by atoms with Gasteiger partial charge in [-0.3, -0.25) is 4.98 Å². The lowest BCUT2D eigenvalue weighted by molar-refractivity contribution is 0.479. The maximum Gasteiger partial charge on any atom is 0.336 e. The maximum absolute atomic E-state index is 12.3. The van der Waals surface area contributed by atoms with Gasteiger partial charge in [-0.15, -0.1) is 0 Å². The molecular weight excluding hydrogens is 302 g/mol. The van der Waals surface area contributed by atoms with Gasteiger partial charge in [-0.1, -0.05) is 6.07 Å². The van der Waals surface area contributed by atoms with Crippen molar-refractivity contribution in [3.8, 4) is 11.3 Å². The zero-order chi connectivity index (χ0) is 17.3. The largest absolute Gasteiger partial charge is 0.464 e. The Morgan fingerprint density at radius 3 is 2.50 bits per heavy atom. The predicted octanol–water partition coefficient (Wildman–Crippen LogP) is 4.81. The number of aryl methyl sites for hydroxylation is 4. The number of fused-ring (bicyclic) bond motifs is 1. The molecule has 4 nitrogen and oxygen atoms in total. The van der Waals surface area contributed by atoms with Gasteiger partial charge in [-0.05, 0) is 57.0 Å². The summed E-state index contributed by atoms with van der Waals surface area (Å²) in [6, 6.07) is 9.13. The molecule has 3 aromatic heterocycles. The van der Waals surface area contributed by atoms with Crippen LogP contribution in [0.2, 0.25) is 0 Å². The number of nitrogens with zero attached hydrogens (tertiary/aromatic N) is 1. The van der Waals surface area contributed by atoms with Gasteiger partial charge in [0, 0.05) is 28.8 Å². The average Bonchev–Trinajstić information content (AvgIpc) is 2.92. The molecule has 4 heteroatoms. The number of pyridine rings is 1. The average molecular weight is 321 g/mol. The van der Waals surface area contributed by atoms with Crippen LogP contribution in [0.25, 0.3) is 22.2 Å². The lowest BCUT2D eigenvalue weighted by atomic mass is 10.1. The lowest BCUT2D eigenvalue weighted by Gasteiger charge is -2.03. The van der Waals surface area contributed by atoms with Crippen molar-refractivity contribution >= 4 is 11.0 Å². The normalized spacial score (nSPS) is 10.7. The summed E-state index contributed by atoms with van der Waals surface area (Å²) in [6.07, 6.45) is 3.42. The fraction of sp³-hybridized carbons (Fsp3) is 0.200. The minimum Gasteiger partial charge on any atom is -0.464 e. The zero-order valence-electron chi connectivity index (χ0n) is 14.2. The van der Waals surface area contributed by atoms with Crippen LogP contribution in [0.4, 0.5) is 0 Å². The third-order valence-corrected chi connectivity index (χ3v) is 4.13. The van der Waals surface area contributed by atoms with Gasteiger partial charge in [0.2, 0.25) is 0 Å². The SMILES string of the molecule is Cc1cc2c(C)coc2c(C)c(C)oc(=O)cc1-c1ccccn1. The van der Waals surface area contributed by atoms with Gasteiger partial charge in [-0.25, -0.2) is 4.79 Å². The molecule has 0 atom stereocenters. The third kappa shape index (κ3) is 2.95. The van der Waals surface area contributed by atoms with Crippen LogP contribution < -0.4 is 5.63 Å². The third-order valence-electron chi connectivity index (χ3n) is 4.13. The molecule has 0 aliphatic rings. The maximum atomic E-state index is 12.3. The highest BCUT2D eigenvalue weighted by atomic mass is 16.4. The summed E-state index contributed by atoms with van der Waals surface area (Å²) in [5.74, 6) is 0.528. The molecule has 0 N–H and O–H groups in total. The summed E-state index contributed by atoms with van der Waals surface area (Å²) < 4.78 is 11.2. The molecule has 0 saturated carbocycles. The molecule has 122 valence electrons. The Morgan fingerprint density at radius 1 is 1.00 bits per heavy atom. The Bertz CT molecular complexity index is 1010. The van der Waals surface area contributed by atoms with Crippen molar-refractivity contribution < 1.29 is 8.83 Å². The Balaban J connectivity index is 2.52. The van der Waals surface area contributed by atoms with E-state index in [0.717, 1.165) is 38.9 Å². The van der Waals surface area contributed by atoms with Crippen molar-refractivity contribution in [1.82, 2.24) is 4.98 Å². The number of rotatable bonds is 1. The second-order valence-electron chi connectivity index (χ2n) is 5.86. The van der Waals surface area contributed by atoms with Crippen LogP contribution in [0.15, 0.2) is 56.4 Å². The van der Waals surface area contributed by atoms with Crippen LogP contribution in [0.5, 0.6) is 0 Å². The number of hydrogen-bond donors (Lipinski definition) is 0. The summed E-state index contributed by atoms with van der Waals surface area (Å²) in [4.78, 5) is 16.6. The molecule has 0 aromatic carbocycles. The summed E-state index contributed by atoms with van der Waals surface area (Å²) >= 11 is 0. The topological polar surface area (TPSA) is 56.2 Å². The standard InChI is InChI=1S/C20H19NO3/c1-12-9-17-13(2)11-23-20(17)14(3)15(4)24-19(22)10-16(12)18-7-5-6-8-21-18/h5-11H,1-4H3. The zero-order valence-corrected chi connectivity index (χ0v) is 14.2. The quantitative estimate of drug-likeness (QED) is 0.645. The molecule has 24 heavy (non-hydrogen) atoms. The van der Waals surface area contributed by atoms with Gasteiger partial charge < -0.3 is 8.83 Å². The fourth-order valence-electron chi connectivity index (χ4n) is 2.66. The van der Waals surface area contributed by atoms with E-state index in [1.165, 1.54) is 6.07 Å². The molecule has 0 aliphatic carbocycles.